The van der Waals surface area contributed by atoms with Crippen LogP contribution in [0.2, 0.25) is 0 Å². The molecule has 81 heavy (non-hydrogen) atoms. The van der Waals surface area contributed by atoms with Crippen LogP contribution in [-0.4, -0.2) is 69.4 Å². The van der Waals surface area contributed by atoms with E-state index in [2.05, 4.69) is 99.0 Å². The fourth-order valence-electron chi connectivity index (χ4n) is 9.64. The van der Waals surface area contributed by atoms with Gasteiger partial charge in [0.2, 0.25) is 5.91 Å². The summed E-state index contributed by atoms with van der Waals surface area (Å²) in [6, 6.07) is -0.905. The van der Waals surface area contributed by atoms with Crippen molar-refractivity contribution in [3.05, 3.63) is 85.1 Å². The SMILES string of the molecule is CC/C=C\C/C=C\C/C=C\C/C=C\C/C=C\C/C=C\CCCCCCC(=O)NC(COP(=O)([O-])OCC[N+](C)(C)C)C(/C=C/CCCCCCCCCCCCC)OC(=O)CCCCCCCCCCCCCCCCCCCCC. The number of nitrogens with zero attached hydrogens (tertiary/aromatic N) is 1. The van der Waals surface area contributed by atoms with Crippen molar-refractivity contribution in [2.45, 2.75) is 315 Å². The Kier molecular flexibility index (Phi) is 58.2. The van der Waals surface area contributed by atoms with Crippen LogP contribution in [0.3, 0.4) is 0 Å². The molecule has 0 aromatic heterocycles. The first-order chi connectivity index (χ1) is 39.4. The summed E-state index contributed by atoms with van der Waals surface area (Å²) in [6.07, 6.45) is 79.8. The van der Waals surface area contributed by atoms with Crippen LogP contribution in [-0.2, 0) is 27.9 Å². The van der Waals surface area contributed by atoms with E-state index in [-0.39, 0.29) is 31.3 Å². The number of carbonyl (C=O) groups is 2. The molecule has 9 nitrogen and oxygen atoms in total. The molecule has 0 rings (SSSR count). The molecule has 0 spiro atoms. The zero-order chi connectivity index (χ0) is 59.3. The predicted octanol–water partition coefficient (Wildman–Crippen LogP) is 20.7. The third-order valence-electron chi connectivity index (χ3n) is 14.8. The summed E-state index contributed by atoms with van der Waals surface area (Å²) < 4.78 is 30.4. The third-order valence-corrected chi connectivity index (χ3v) is 15.8. The number of amides is 1. The Morgan fingerprint density at radius 2 is 0.790 bits per heavy atom. The van der Waals surface area contributed by atoms with Crippen LogP contribution in [0.25, 0.3) is 0 Å². The minimum Gasteiger partial charge on any atom is -0.756 e. The maximum absolute atomic E-state index is 13.6. The highest BCUT2D eigenvalue weighted by molar-refractivity contribution is 7.45. The van der Waals surface area contributed by atoms with Crippen LogP contribution in [0.15, 0.2) is 85.1 Å². The highest BCUT2D eigenvalue weighted by atomic mass is 31.2. The molecule has 1 N–H and O–H groups in total. The van der Waals surface area contributed by atoms with Gasteiger partial charge in [-0.25, -0.2) is 0 Å². The van der Waals surface area contributed by atoms with Crippen molar-refractivity contribution >= 4 is 19.7 Å². The van der Waals surface area contributed by atoms with Crippen LogP contribution in [0.5, 0.6) is 0 Å². The van der Waals surface area contributed by atoms with Gasteiger partial charge in [-0.3, -0.25) is 14.2 Å². The van der Waals surface area contributed by atoms with Crippen LogP contribution < -0.4 is 10.2 Å². The van der Waals surface area contributed by atoms with E-state index in [9.17, 15) is 19.0 Å². The molecule has 0 fully saturated rings. The Balaban J connectivity index is 5.24. The van der Waals surface area contributed by atoms with E-state index in [4.69, 9.17) is 13.8 Å². The number of quaternary nitrogens is 1. The summed E-state index contributed by atoms with van der Waals surface area (Å²) in [5.74, 6) is -0.562. The van der Waals surface area contributed by atoms with Gasteiger partial charge in [-0.2, -0.15) is 0 Å². The second-order valence-corrected chi connectivity index (χ2v) is 25.4. The molecule has 0 radical (unpaired) electrons. The van der Waals surface area contributed by atoms with E-state index in [0.717, 1.165) is 103 Å². The Hall–Kier alpha value is -2.81. The standard InChI is InChI=1S/C71H129N2O7P/c1-7-10-13-16-19-22-25-28-30-32-34-35-36-37-39-40-42-45-48-51-54-57-60-63-70(74)72-68(67-79-81(76,77)78-66-65-73(4,5)6)69(62-59-56-53-50-47-44-27-24-21-18-15-12-9-3)80-71(75)64-61-58-55-52-49-46-43-41-38-33-31-29-26-23-20-17-14-11-8-2/h10,13,19,22,28,30,34-35,37,39,42,45,59,62,68-69H,7-9,11-12,14-18,20-21,23-27,29,31-33,36,38,40-41,43-44,46-58,60-61,63-67H2,1-6H3,(H-,72,74,76,77)/b13-10-,22-19-,30-28-,35-34-,39-37-,45-42-,62-59+. The maximum atomic E-state index is 13.6. The van der Waals surface area contributed by atoms with E-state index in [1.54, 1.807) is 0 Å². The summed E-state index contributed by atoms with van der Waals surface area (Å²) >= 11 is 0. The van der Waals surface area contributed by atoms with E-state index < -0.39 is 26.6 Å². The average molecular weight is 1150 g/mol. The summed E-state index contributed by atoms with van der Waals surface area (Å²) in [5.41, 5.74) is 0. The molecule has 0 aliphatic heterocycles. The second kappa shape index (κ2) is 60.3. The lowest BCUT2D eigenvalue weighted by Crippen LogP contribution is -2.47. The molecule has 1 amide bonds. The Morgan fingerprint density at radius 3 is 1.19 bits per heavy atom. The molecule has 0 bridgehead atoms. The average Bonchev–Trinajstić information content (AvgIpc) is 3.44. The number of hydrogen-bond acceptors (Lipinski definition) is 7. The van der Waals surface area contributed by atoms with Gasteiger partial charge < -0.3 is 28.5 Å². The van der Waals surface area contributed by atoms with Gasteiger partial charge in [0.25, 0.3) is 7.82 Å². The number of likely N-dealkylation sites (N-methyl/N-ethyl adjacent to an activating group) is 1. The minimum absolute atomic E-state index is 0.0297. The molecule has 0 saturated carbocycles. The van der Waals surface area contributed by atoms with Gasteiger partial charge in [0.15, 0.2) is 0 Å². The van der Waals surface area contributed by atoms with Crippen molar-refractivity contribution < 1.29 is 37.3 Å². The number of phosphoric ester groups is 1. The van der Waals surface area contributed by atoms with Gasteiger partial charge in [-0.05, 0) is 83.1 Å². The molecule has 0 aromatic rings. The number of unbranched alkanes of at least 4 members (excludes halogenated alkanes) is 33. The molecule has 0 saturated heterocycles. The van der Waals surface area contributed by atoms with Gasteiger partial charge in [0.05, 0.1) is 33.8 Å². The topological polar surface area (TPSA) is 114 Å². The van der Waals surface area contributed by atoms with Gasteiger partial charge in [-0.15, -0.1) is 0 Å². The number of hydrogen-bond donors (Lipinski definition) is 1. The van der Waals surface area contributed by atoms with Crippen molar-refractivity contribution in [1.82, 2.24) is 5.32 Å². The predicted molar refractivity (Wildman–Crippen MR) is 348 cm³/mol. The number of esters is 1. The number of nitrogens with one attached hydrogen (secondary N) is 1. The van der Waals surface area contributed by atoms with Crippen LogP contribution >= 0.6 is 7.82 Å². The van der Waals surface area contributed by atoms with E-state index in [1.165, 1.54) is 161 Å². The monoisotopic (exact) mass is 1150 g/mol. The number of allylic oxidation sites excluding steroid dienone is 13. The molecular weight excluding hydrogens is 1020 g/mol. The van der Waals surface area contributed by atoms with Crippen molar-refractivity contribution in [2.24, 2.45) is 0 Å². The smallest absolute Gasteiger partial charge is 0.306 e. The van der Waals surface area contributed by atoms with Gasteiger partial charge >= 0.3 is 5.97 Å². The van der Waals surface area contributed by atoms with E-state index in [1.807, 2.05) is 33.3 Å². The molecule has 0 aliphatic rings. The van der Waals surface area contributed by atoms with Gasteiger partial charge in [-0.1, -0.05) is 292 Å². The van der Waals surface area contributed by atoms with Gasteiger partial charge in [0, 0.05) is 12.8 Å². The molecule has 0 aromatic carbocycles. The molecule has 10 heteroatoms. The van der Waals surface area contributed by atoms with Crippen LogP contribution in [0, 0.1) is 0 Å². The van der Waals surface area contributed by atoms with E-state index >= 15 is 0 Å². The lowest BCUT2D eigenvalue weighted by Gasteiger charge is -2.30. The molecule has 0 aliphatic carbocycles. The number of ether oxygens (including phenoxy) is 1. The molecule has 3 unspecified atom stereocenters. The summed E-state index contributed by atoms with van der Waals surface area (Å²) in [6.45, 7) is 6.74. The molecule has 3 atom stereocenters. The summed E-state index contributed by atoms with van der Waals surface area (Å²) in [4.78, 5) is 40.1. The van der Waals surface area contributed by atoms with Crippen molar-refractivity contribution in [1.29, 1.82) is 0 Å². The Labute approximate surface area is 501 Å². The molecule has 470 valence electrons. The van der Waals surface area contributed by atoms with Gasteiger partial charge in [0.1, 0.15) is 19.3 Å². The molecular formula is C71H129N2O7P. The fraction of sp³-hybridized carbons (Fsp3) is 0.775. The molecule has 0 heterocycles. The number of rotatable bonds is 61. The highest BCUT2D eigenvalue weighted by Crippen LogP contribution is 2.38. The Bertz CT molecular complexity index is 1660. The zero-order valence-corrected chi connectivity index (χ0v) is 54.6. The summed E-state index contributed by atoms with van der Waals surface area (Å²) in [7, 11) is 1.17. The Morgan fingerprint density at radius 1 is 0.444 bits per heavy atom. The lowest BCUT2D eigenvalue weighted by molar-refractivity contribution is -0.870. The minimum atomic E-state index is -4.71. The quantitative estimate of drug-likeness (QED) is 0.0212. The third kappa shape index (κ3) is 61.6. The first-order valence-electron chi connectivity index (χ1n) is 33.9. The first kappa shape index (κ1) is 78.2. The van der Waals surface area contributed by atoms with Crippen LogP contribution in [0.1, 0.15) is 303 Å². The number of phosphoric acid groups is 1. The normalized spacial score (nSPS) is 14.1. The van der Waals surface area contributed by atoms with Crippen molar-refractivity contribution in [3.8, 4) is 0 Å². The lowest BCUT2D eigenvalue weighted by atomic mass is 10.0. The first-order valence-corrected chi connectivity index (χ1v) is 35.4. The fourth-order valence-corrected chi connectivity index (χ4v) is 10.4. The highest BCUT2D eigenvalue weighted by Gasteiger charge is 2.27. The van der Waals surface area contributed by atoms with Crippen molar-refractivity contribution in [3.63, 3.8) is 0 Å². The summed E-state index contributed by atoms with van der Waals surface area (Å²) in [5, 5.41) is 3.03. The van der Waals surface area contributed by atoms with E-state index in [0.29, 0.717) is 17.4 Å². The number of carbonyl (C=O) groups excluding carboxylic acids is 2. The van der Waals surface area contributed by atoms with Crippen molar-refractivity contribution in [2.75, 3.05) is 40.9 Å². The zero-order valence-electron chi connectivity index (χ0n) is 53.7. The largest absolute Gasteiger partial charge is 0.756 e. The second-order valence-electron chi connectivity index (χ2n) is 24.0. The van der Waals surface area contributed by atoms with Crippen LogP contribution in [0.4, 0.5) is 0 Å². The maximum Gasteiger partial charge on any atom is 0.306 e.